The lowest BCUT2D eigenvalue weighted by atomic mass is 10.1. The van der Waals surface area contributed by atoms with E-state index < -0.39 is 0 Å². The Balaban J connectivity index is 1.94. The van der Waals surface area contributed by atoms with Crippen LogP contribution >= 0.6 is 0 Å². The highest BCUT2D eigenvalue weighted by molar-refractivity contribution is 5.79. The normalized spacial score (nSPS) is 11.8. The first-order valence-electron chi connectivity index (χ1n) is 8.74. The molecule has 0 fully saturated rings. The van der Waals surface area contributed by atoms with Crippen LogP contribution < -0.4 is 10.6 Å². The van der Waals surface area contributed by atoms with Gasteiger partial charge in [0.05, 0.1) is 6.54 Å². The largest absolute Gasteiger partial charge is 0.352 e. The van der Waals surface area contributed by atoms with Gasteiger partial charge in [-0.15, -0.1) is 0 Å². The first-order chi connectivity index (χ1) is 12.2. The molecular weight excluding hydrogens is 314 g/mol. The van der Waals surface area contributed by atoms with Crippen LogP contribution in [0.3, 0.4) is 0 Å². The number of hydrogen-bond donors (Lipinski definition) is 2. The van der Waals surface area contributed by atoms with E-state index >= 15 is 0 Å². The van der Waals surface area contributed by atoms with E-state index in [0.29, 0.717) is 6.54 Å². The number of guanidine groups is 1. The van der Waals surface area contributed by atoms with Gasteiger partial charge in [0.2, 0.25) is 0 Å². The SMILES string of the molecule is CCN(CC)Cc1ccccc1CNC(=NC)NCc1ncnn1C. The minimum absolute atomic E-state index is 0.581. The van der Waals surface area contributed by atoms with Gasteiger partial charge in [0, 0.05) is 27.2 Å². The van der Waals surface area contributed by atoms with E-state index in [0.717, 1.165) is 38.0 Å². The summed E-state index contributed by atoms with van der Waals surface area (Å²) in [7, 11) is 3.65. The maximum absolute atomic E-state index is 4.28. The molecule has 0 unspecified atom stereocenters. The average molecular weight is 343 g/mol. The quantitative estimate of drug-likeness (QED) is 0.562. The van der Waals surface area contributed by atoms with Gasteiger partial charge in [0.15, 0.2) is 5.96 Å². The molecule has 1 aromatic carbocycles. The highest BCUT2D eigenvalue weighted by atomic mass is 15.3. The summed E-state index contributed by atoms with van der Waals surface area (Å²) in [5.74, 6) is 1.62. The molecule has 0 spiro atoms. The van der Waals surface area contributed by atoms with E-state index in [1.165, 1.54) is 11.1 Å². The topological polar surface area (TPSA) is 70.4 Å². The number of nitrogens with zero attached hydrogens (tertiary/aromatic N) is 5. The lowest BCUT2D eigenvalue weighted by Gasteiger charge is -2.20. The Labute approximate surface area is 150 Å². The lowest BCUT2D eigenvalue weighted by Crippen LogP contribution is -2.37. The fourth-order valence-electron chi connectivity index (χ4n) is 2.61. The molecule has 136 valence electrons. The fourth-order valence-corrected chi connectivity index (χ4v) is 2.61. The summed E-state index contributed by atoms with van der Waals surface area (Å²) in [6.07, 6.45) is 1.55. The van der Waals surface area contributed by atoms with E-state index in [1.54, 1.807) is 18.1 Å². The first-order valence-corrected chi connectivity index (χ1v) is 8.74. The Morgan fingerprint density at radius 3 is 2.40 bits per heavy atom. The van der Waals surface area contributed by atoms with Crippen molar-refractivity contribution in [2.75, 3.05) is 20.1 Å². The third-order valence-corrected chi connectivity index (χ3v) is 4.30. The maximum Gasteiger partial charge on any atom is 0.191 e. The van der Waals surface area contributed by atoms with Gasteiger partial charge < -0.3 is 10.6 Å². The number of rotatable bonds is 8. The summed E-state index contributed by atoms with van der Waals surface area (Å²) in [4.78, 5) is 10.9. The zero-order valence-corrected chi connectivity index (χ0v) is 15.7. The van der Waals surface area contributed by atoms with Gasteiger partial charge in [-0.3, -0.25) is 14.6 Å². The zero-order valence-electron chi connectivity index (χ0n) is 15.7. The molecular formula is C18H29N7. The minimum atomic E-state index is 0.581. The second-order valence-corrected chi connectivity index (χ2v) is 5.81. The molecule has 0 aliphatic rings. The van der Waals surface area contributed by atoms with E-state index in [1.807, 2.05) is 7.05 Å². The zero-order chi connectivity index (χ0) is 18.1. The molecule has 1 aromatic heterocycles. The molecule has 0 bridgehead atoms. The molecule has 0 amide bonds. The van der Waals surface area contributed by atoms with Crippen molar-refractivity contribution in [2.24, 2.45) is 12.0 Å². The number of aryl methyl sites for hydroxylation is 1. The molecule has 2 N–H and O–H groups in total. The van der Waals surface area contributed by atoms with Crippen LogP contribution in [0.2, 0.25) is 0 Å². The number of benzene rings is 1. The van der Waals surface area contributed by atoms with Gasteiger partial charge in [-0.1, -0.05) is 38.1 Å². The summed E-state index contributed by atoms with van der Waals surface area (Å²) in [6.45, 7) is 8.78. The smallest absolute Gasteiger partial charge is 0.191 e. The monoisotopic (exact) mass is 343 g/mol. The predicted octanol–water partition coefficient (Wildman–Crippen LogP) is 1.52. The second-order valence-electron chi connectivity index (χ2n) is 5.81. The highest BCUT2D eigenvalue weighted by Gasteiger charge is 2.07. The van der Waals surface area contributed by atoms with Crippen molar-refractivity contribution in [3.8, 4) is 0 Å². The van der Waals surface area contributed by atoms with Crippen LogP contribution in [-0.4, -0.2) is 45.8 Å². The van der Waals surface area contributed by atoms with Crippen molar-refractivity contribution in [1.82, 2.24) is 30.3 Å². The van der Waals surface area contributed by atoms with E-state index in [-0.39, 0.29) is 0 Å². The molecule has 0 aliphatic heterocycles. The van der Waals surface area contributed by atoms with Crippen molar-refractivity contribution >= 4 is 5.96 Å². The van der Waals surface area contributed by atoms with Crippen molar-refractivity contribution in [2.45, 2.75) is 33.5 Å². The van der Waals surface area contributed by atoms with Crippen LogP contribution in [0.5, 0.6) is 0 Å². The Kier molecular flexibility index (Phi) is 7.40. The average Bonchev–Trinajstić information content (AvgIpc) is 3.05. The predicted molar refractivity (Wildman–Crippen MR) is 101 cm³/mol. The van der Waals surface area contributed by atoms with Gasteiger partial charge in [-0.25, -0.2) is 4.98 Å². The summed E-state index contributed by atoms with van der Waals surface area (Å²) in [6, 6.07) is 8.55. The molecule has 0 saturated carbocycles. The van der Waals surface area contributed by atoms with Crippen LogP contribution in [-0.2, 0) is 26.7 Å². The van der Waals surface area contributed by atoms with Crippen LogP contribution in [0.15, 0.2) is 35.6 Å². The summed E-state index contributed by atoms with van der Waals surface area (Å²) in [5.41, 5.74) is 2.64. The molecule has 2 aromatic rings. The van der Waals surface area contributed by atoms with Crippen LogP contribution in [0.4, 0.5) is 0 Å². The molecule has 2 rings (SSSR count). The van der Waals surface area contributed by atoms with Gasteiger partial charge in [0.1, 0.15) is 12.2 Å². The third-order valence-electron chi connectivity index (χ3n) is 4.30. The molecule has 0 aliphatic carbocycles. The Bertz CT molecular complexity index is 674. The number of aromatic nitrogens is 3. The molecule has 0 radical (unpaired) electrons. The van der Waals surface area contributed by atoms with Gasteiger partial charge in [-0.05, 0) is 24.2 Å². The summed E-state index contributed by atoms with van der Waals surface area (Å²) < 4.78 is 1.75. The maximum atomic E-state index is 4.28. The Morgan fingerprint density at radius 1 is 1.12 bits per heavy atom. The van der Waals surface area contributed by atoms with Crippen molar-refractivity contribution in [3.05, 3.63) is 47.5 Å². The first kappa shape index (κ1) is 18.9. The van der Waals surface area contributed by atoms with Gasteiger partial charge >= 0.3 is 0 Å². The van der Waals surface area contributed by atoms with Crippen molar-refractivity contribution in [1.29, 1.82) is 0 Å². The number of aliphatic imine (C=N–C) groups is 1. The van der Waals surface area contributed by atoms with Crippen LogP contribution in [0.25, 0.3) is 0 Å². The van der Waals surface area contributed by atoms with E-state index in [2.05, 4.69) is 68.7 Å². The molecule has 25 heavy (non-hydrogen) atoms. The van der Waals surface area contributed by atoms with Gasteiger partial charge in [-0.2, -0.15) is 5.10 Å². The van der Waals surface area contributed by atoms with Gasteiger partial charge in [0.25, 0.3) is 0 Å². The van der Waals surface area contributed by atoms with Crippen molar-refractivity contribution < 1.29 is 0 Å². The lowest BCUT2D eigenvalue weighted by molar-refractivity contribution is 0.295. The van der Waals surface area contributed by atoms with Crippen LogP contribution in [0, 0.1) is 0 Å². The standard InChI is InChI=1S/C18H29N7/c1-5-25(6-2)13-16-10-8-7-9-15(16)11-20-18(19-3)21-12-17-22-14-23-24(17)4/h7-10,14H,5-6,11-13H2,1-4H3,(H2,19,20,21). The fraction of sp³-hybridized carbons (Fsp3) is 0.500. The summed E-state index contributed by atoms with van der Waals surface area (Å²) >= 11 is 0. The Morgan fingerprint density at radius 2 is 1.80 bits per heavy atom. The molecule has 0 atom stereocenters. The van der Waals surface area contributed by atoms with E-state index in [4.69, 9.17) is 0 Å². The molecule has 1 heterocycles. The molecule has 7 nitrogen and oxygen atoms in total. The number of nitrogens with one attached hydrogen (secondary N) is 2. The second kappa shape index (κ2) is 9.78. The van der Waals surface area contributed by atoms with Crippen LogP contribution in [0.1, 0.15) is 30.8 Å². The Hall–Kier alpha value is -2.41. The molecule has 0 saturated heterocycles. The molecule has 7 heteroatoms. The highest BCUT2D eigenvalue weighted by Crippen LogP contribution is 2.11. The van der Waals surface area contributed by atoms with Crippen molar-refractivity contribution in [3.63, 3.8) is 0 Å². The summed E-state index contributed by atoms with van der Waals surface area (Å²) in [5, 5.41) is 10.7. The number of hydrogen-bond acceptors (Lipinski definition) is 4. The third kappa shape index (κ3) is 5.56. The van der Waals surface area contributed by atoms with E-state index in [9.17, 15) is 0 Å². The minimum Gasteiger partial charge on any atom is -0.352 e.